The number of carbonyl (C=O) groups excluding carboxylic acids is 3. The maximum Gasteiger partial charge on any atom is 0.220 e. The zero-order valence-electron chi connectivity index (χ0n) is 11.7. The van der Waals surface area contributed by atoms with Crippen LogP contribution in [0.25, 0.3) is 0 Å². The van der Waals surface area contributed by atoms with Crippen LogP contribution in [0.2, 0.25) is 0 Å². The van der Waals surface area contributed by atoms with Crippen molar-refractivity contribution < 1.29 is 14.4 Å². The minimum atomic E-state index is -0.789. The summed E-state index contributed by atoms with van der Waals surface area (Å²) in [4.78, 5) is 35.7. The Hall–Kier alpha value is -1.45. The molecular weight excluding hydrogens is 230 g/mol. The van der Waals surface area contributed by atoms with Crippen molar-refractivity contribution in [2.75, 3.05) is 7.05 Å². The number of ketones is 2. The zero-order chi connectivity index (χ0) is 14.1. The first kappa shape index (κ1) is 14.6. The number of Topliss-reactive ketones (excluding diaryl/α,β-unsaturated/α-hetero) is 1. The standard InChI is InChI=1S/C14H21NO3/c1-8-6-11(16)14(4,10(3)13(8)18)9(2)7-12(17)15-5/h6,9-10H,7H2,1-5H3,(H,15,17). The van der Waals surface area contributed by atoms with E-state index in [-0.39, 0.29) is 35.7 Å². The van der Waals surface area contributed by atoms with E-state index in [0.29, 0.717) is 5.57 Å². The van der Waals surface area contributed by atoms with E-state index in [1.165, 1.54) is 6.08 Å². The van der Waals surface area contributed by atoms with Crippen molar-refractivity contribution in [1.82, 2.24) is 5.32 Å². The van der Waals surface area contributed by atoms with Crippen molar-refractivity contribution in [2.45, 2.75) is 34.1 Å². The summed E-state index contributed by atoms with van der Waals surface area (Å²) < 4.78 is 0. The van der Waals surface area contributed by atoms with Gasteiger partial charge in [0.05, 0.1) is 0 Å². The van der Waals surface area contributed by atoms with Crippen molar-refractivity contribution in [3.05, 3.63) is 11.6 Å². The second kappa shape index (κ2) is 5.04. The van der Waals surface area contributed by atoms with Crippen molar-refractivity contribution in [1.29, 1.82) is 0 Å². The molecule has 18 heavy (non-hydrogen) atoms. The Kier molecular flexibility index (Phi) is 4.09. The van der Waals surface area contributed by atoms with Gasteiger partial charge in [-0.2, -0.15) is 0 Å². The molecule has 0 aromatic carbocycles. The lowest BCUT2D eigenvalue weighted by Gasteiger charge is -2.40. The van der Waals surface area contributed by atoms with Gasteiger partial charge in [-0.15, -0.1) is 0 Å². The molecule has 0 spiro atoms. The van der Waals surface area contributed by atoms with Gasteiger partial charge in [0.25, 0.3) is 0 Å². The fourth-order valence-corrected chi connectivity index (χ4v) is 2.51. The summed E-state index contributed by atoms with van der Waals surface area (Å²) >= 11 is 0. The number of allylic oxidation sites excluding steroid dienone is 2. The van der Waals surface area contributed by atoms with Crippen molar-refractivity contribution in [3.63, 3.8) is 0 Å². The predicted octanol–water partition coefficient (Wildman–Crippen LogP) is 1.50. The molecule has 0 bridgehead atoms. The molecule has 0 aliphatic heterocycles. The summed E-state index contributed by atoms with van der Waals surface area (Å²) in [5.74, 6) is -0.713. The van der Waals surface area contributed by atoms with Crippen molar-refractivity contribution in [3.8, 4) is 0 Å². The summed E-state index contributed by atoms with van der Waals surface area (Å²) in [6.07, 6.45) is 1.67. The average molecular weight is 251 g/mol. The molecule has 100 valence electrons. The van der Waals surface area contributed by atoms with E-state index in [9.17, 15) is 14.4 Å². The molecule has 4 nitrogen and oxygen atoms in total. The van der Waals surface area contributed by atoms with E-state index >= 15 is 0 Å². The van der Waals surface area contributed by atoms with Gasteiger partial charge in [0.15, 0.2) is 11.6 Å². The summed E-state index contributed by atoms with van der Waals surface area (Å²) in [5, 5.41) is 2.55. The lowest BCUT2D eigenvalue weighted by atomic mass is 9.60. The third-order valence-electron chi connectivity index (χ3n) is 4.35. The first-order valence-electron chi connectivity index (χ1n) is 6.22. The number of hydrogen-bond acceptors (Lipinski definition) is 3. The Labute approximate surface area is 108 Å². The van der Waals surface area contributed by atoms with Gasteiger partial charge in [-0.05, 0) is 24.5 Å². The molecule has 0 aromatic heterocycles. The van der Waals surface area contributed by atoms with E-state index in [4.69, 9.17) is 0 Å². The first-order chi connectivity index (χ1) is 8.25. The molecule has 1 aliphatic rings. The van der Waals surface area contributed by atoms with Crippen LogP contribution in [-0.2, 0) is 14.4 Å². The summed E-state index contributed by atoms with van der Waals surface area (Å²) in [6, 6.07) is 0. The number of carbonyl (C=O) groups is 3. The lowest BCUT2D eigenvalue weighted by Crippen LogP contribution is -2.47. The lowest BCUT2D eigenvalue weighted by molar-refractivity contribution is -0.140. The fraction of sp³-hybridized carbons (Fsp3) is 0.643. The van der Waals surface area contributed by atoms with Crippen LogP contribution in [0.5, 0.6) is 0 Å². The third-order valence-corrected chi connectivity index (χ3v) is 4.35. The highest BCUT2D eigenvalue weighted by molar-refractivity contribution is 6.12. The van der Waals surface area contributed by atoms with Crippen LogP contribution in [0.15, 0.2) is 11.6 Å². The van der Waals surface area contributed by atoms with Gasteiger partial charge in [0, 0.05) is 24.8 Å². The summed E-state index contributed by atoms with van der Waals surface area (Å²) in [5.41, 5.74) is -0.277. The highest BCUT2D eigenvalue weighted by atomic mass is 16.2. The molecule has 0 radical (unpaired) electrons. The van der Waals surface area contributed by atoms with Gasteiger partial charge in [-0.1, -0.05) is 20.8 Å². The van der Waals surface area contributed by atoms with Crippen LogP contribution < -0.4 is 5.32 Å². The molecular formula is C14H21NO3. The van der Waals surface area contributed by atoms with Crippen LogP contribution in [0, 0.1) is 17.3 Å². The monoisotopic (exact) mass is 251 g/mol. The Morgan fingerprint density at radius 3 is 2.56 bits per heavy atom. The van der Waals surface area contributed by atoms with Gasteiger partial charge < -0.3 is 5.32 Å². The summed E-state index contributed by atoms with van der Waals surface area (Å²) in [6.45, 7) is 7.08. The molecule has 3 atom stereocenters. The molecule has 0 saturated heterocycles. The zero-order valence-corrected chi connectivity index (χ0v) is 11.7. The van der Waals surface area contributed by atoms with E-state index in [2.05, 4.69) is 5.32 Å². The number of amides is 1. The van der Waals surface area contributed by atoms with Crippen molar-refractivity contribution >= 4 is 17.5 Å². The van der Waals surface area contributed by atoms with Gasteiger partial charge in [0.2, 0.25) is 5.91 Å². The second-order valence-corrected chi connectivity index (χ2v) is 5.34. The topological polar surface area (TPSA) is 63.2 Å². The first-order valence-corrected chi connectivity index (χ1v) is 6.22. The van der Waals surface area contributed by atoms with Gasteiger partial charge in [-0.3, -0.25) is 14.4 Å². The minimum Gasteiger partial charge on any atom is -0.359 e. The smallest absolute Gasteiger partial charge is 0.220 e. The molecule has 4 heteroatoms. The molecule has 3 unspecified atom stereocenters. The Bertz CT molecular complexity index is 425. The maximum absolute atomic E-state index is 12.2. The molecule has 0 aromatic rings. The van der Waals surface area contributed by atoms with E-state index in [1.54, 1.807) is 27.8 Å². The van der Waals surface area contributed by atoms with Crippen LogP contribution in [0.3, 0.4) is 0 Å². The highest BCUT2D eigenvalue weighted by Crippen LogP contribution is 2.43. The highest BCUT2D eigenvalue weighted by Gasteiger charge is 2.48. The molecule has 0 saturated carbocycles. The van der Waals surface area contributed by atoms with Gasteiger partial charge >= 0.3 is 0 Å². The SMILES string of the molecule is CNC(=O)CC(C)C1(C)C(=O)C=C(C)C(=O)C1C. The molecule has 1 rings (SSSR count). The molecule has 0 heterocycles. The number of nitrogens with one attached hydrogen (secondary N) is 1. The second-order valence-electron chi connectivity index (χ2n) is 5.34. The fourth-order valence-electron chi connectivity index (χ4n) is 2.51. The Balaban J connectivity index is 3.07. The van der Waals surface area contributed by atoms with Crippen LogP contribution in [0.4, 0.5) is 0 Å². The van der Waals surface area contributed by atoms with Gasteiger partial charge in [-0.25, -0.2) is 0 Å². The Morgan fingerprint density at radius 2 is 2.06 bits per heavy atom. The molecule has 1 N–H and O–H groups in total. The Morgan fingerprint density at radius 1 is 1.50 bits per heavy atom. The maximum atomic E-state index is 12.2. The third kappa shape index (κ3) is 2.24. The summed E-state index contributed by atoms with van der Waals surface area (Å²) in [7, 11) is 1.57. The van der Waals surface area contributed by atoms with Crippen LogP contribution >= 0.6 is 0 Å². The molecule has 1 amide bonds. The molecule has 0 fully saturated rings. The van der Waals surface area contributed by atoms with Crippen LogP contribution in [0.1, 0.15) is 34.1 Å². The minimum absolute atomic E-state index is 0.000793. The van der Waals surface area contributed by atoms with Crippen molar-refractivity contribution in [2.24, 2.45) is 17.3 Å². The van der Waals surface area contributed by atoms with E-state index in [1.807, 2.05) is 6.92 Å². The van der Waals surface area contributed by atoms with E-state index < -0.39 is 5.41 Å². The number of hydrogen-bond donors (Lipinski definition) is 1. The predicted molar refractivity (Wildman–Crippen MR) is 68.9 cm³/mol. The molecule has 1 aliphatic carbocycles. The van der Waals surface area contributed by atoms with Crippen LogP contribution in [-0.4, -0.2) is 24.5 Å². The van der Waals surface area contributed by atoms with E-state index in [0.717, 1.165) is 0 Å². The normalized spacial score (nSPS) is 29.8. The number of rotatable bonds is 3. The average Bonchev–Trinajstić information content (AvgIpc) is 2.33. The quantitative estimate of drug-likeness (QED) is 0.826. The largest absolute Gasteiger partial charge is 0.359 e. The van der Waals surface area contributed by atoms with Gasteiger partial charge in [0.1, 0.15) is 0 Å².